The minimum Gasteiger partial charge on any atom is -0.488 e. The minimum absolute atomic E-state index is 0.0213. The third-order valence-electron chi connectivity index (χ3n) is 9.84. The highest BCUT2D eigenvalue weighted by Gasteiger charge is 2.26. The van der Waals surface area contributed by atoms with E-state index in [9.17, 15) is 0 Å². The number of hydrogen-bond donors (Lipinski definition) is 2. The van der Waals surface area contributed by atoms with Gasteiger partial charge in [0.1, 0.15) is 23.7 Å². The standard InChI is InChI=1S/C48H68N2O2S2/c1-15-35(51-41-27-25-33(45(3,4)5)29-37(41)47(9,10)11)31-49-39-21-17-19-23-43(39)53-54-44-24-20-18-22-40(44)50-32-36(16-2)52-42-28-26-34(46(6,7)8)30-38(42)48(12,13)14/h17-30,35-36,49-50H,15-16,31-32H2,1-14H3. The highest BCUT2D eigenvalue weighted by molar-refractivity contribution is 8.76. The van der Waals surface area contributed by atoms with Gasteiger partial charge in [0, 0.05) is 21.2 Å². The fourth-order valence-corrected chi connectivity index (χ4v) is 8.50. The Labute approximate surface area is 336 Å². The van der Waals surface area contributed by atoms with Gasteiger partial charge >= 0.3 is 0 Å². The van der Waals surface area contributed by atoms with Crippen molar-refractivity contribution in [2.45, 2.75) is 153 Å². The van der Waals surface area contributed by atoms with Gasteiger partial charge in [-0.2, -0.15) is 0 Å². The van der Waals surface area contributed by atoms with Crippen molar-refractivity contribution in [3.05, 3.63) is 107 Å². The largest absolute Gasteiger partial charge is 0.488 e. The molecular formula is C48H68N2O2S2. The van der Waals surface area contributed by atoms with E-state index in [0.29, 0.717) is 0 Å². The Morgan fingerprint density at radius 3 is 1.15 bits per heavy atom. The van der Waals surface area contributed by atoms with E-state index in [1.165, 1.54) is 32.0 Å². The van der Waals surface area contributed by atoms with Crippen LogP contribution in [-0.2, 0) is 21.7 Å². The van der Waals surface area contributed by atoms with Gasteiger partial charge in [0.25, 0.3) is 0 Å². The Bertz CT molecular complexity index is 1670. The molecule has 0 aliphatic carbocycles. The van der Waals surface area contributed by atoms with Crippen molar-refractivity contribution in [3.8, 4) is 11.5 Å². The van der Waals surface area contributed by atoms with Crippen LogP contribution in [0.3, 0.4) is 0 Å². The molecule has 4 aromatic carbocycles. The fourth-order valence-electron chi connectivity index (χ4n) is 6.18. The fraction of sp³-hybridized carbons (Fsp3) is 0.500. The molecular weight excluding hydrogens is 701 g/mol. The summed E-state index contributed by atoms with van der Waals surface area (Å²) in [7, 11) is 3.56. The Balaban J connectivity index is 1.42. The Hall–Kier alpha value is -3.22. The number of ether oxygens (including phenoxy) is 2. The van der Waals surface area contributed by atoms with Crippen LogP contribution < -0.4 is 20.1 Å². The number of benzene rings is 4. The first-order valence-corrected chi connectivity index (χ1v) is 22.0. The number of hydrogen-bond acceptors (Lipinski definition) is 6. The maximum absolute atomic E-state index is 6.74. The van der Waals surface area contributed by atoms with Crippen molar-refractivity contribution in [1.29, 1.82) is 0 Å². The van der Waals surface area contributed by atoms with Crippen LogP contribution in [0.25, 0.3) is 0 Å². The number of nitrogens with one attached hydrogen (secondary N) is 2. The van der Waals surface area contributed by atoms with Gasteiger partial charge in [0.15, 0.2) is 0 Å². The number of rotatable bonds is 15. The predicted molar refractivity (Wildman–Crippen MR) is 239 cm³/mol. The van der Waals surface area contributed by atoms with E-state index in [0.717, 1.165) is 48.8 Å². The van der Waals surface area contributed by atoms with Crippen molar-refractivity contribution in [1.82, 2.24) is 0 Å². The average Bonchev–Trinajstić information content (AvgIpc) is 3.10. The Morgan fingerprint density at radius 1 is 0.481 bits per heavy atom. The second-order valence-corrected chi connectivity index (χ2v) is 20.9. The van der Waals surface area contributed by atoms with Gasteiger partial charge in [-0.05, 0) is 93.2 Å². The smallest absolute Gasteiger partial charge is 0.123 e. The topological polar surface area (TPSA) is 42.5 Å². The zero-order chi connectivity index (χ0) is 39.9. The van der Waals surface area contributed by atoms with E-state index in [-0.39, 0.29) is 33.9 Å². The Morgan fingerprint density at radius 2 is 0.833 bits per heavy atom. The molecule has 2 atom stereocenters. The van der Waals surface area contributed by atoms with Crippen LogP contribution in [0.1, 0.15) is 132 Å². The SMILES string of the molecule is CCC(CNc1ccccc1SSc1ccccc1NCC(CC)Oc1ccc(C(C)(C)C)cc1C(C)(C)C)Oc1ccc(C(C)(C)C)cc1C(C)(C)C. The zero-order valence-corrected chi connectivity index (χ0v) is 37.3. The maximum Gasteiger partial charge on any atom is 0.123 e. The van der Waals surface area contributed by atoms with Crippen LogP contribution in [-0.4, -0.2) is 25.3 Å². The summed E-state index contributed by atoms with van der Waals surface area (Å²) in [6.07, 6.45) is 1.88. The van der Waals surface area contributed by atoms with E-state index in [1.54, 1.807) is 21.6 Å². The van der Waals surface area contributed by atoms with E-state index in [1.807, 2.05) is 0 Å². The third-order valence-corrected chi connectivity index (χ3v) is 12.3. The number of para-hydroxylation sites is 2. The second kappa shape index (κ2) is 18.2. The third kappa shape index (κ3) is 12.1. The lowest BCUT2D eigenvalue weighted by Gasteiger charge is -2.29. The summed E-state index contributed by atoms with van der Waals surface area (Å²) in [6, 6.07) is 30.6. The molecule has 4 aromatic rings. The van der Waals surface area contributed by atoms with Gasteiger partial charge in [-0.1, -0.05) is 167 Å². The lowest BCUT2D eigenvalue weighted by molar-refractivity contribution is 0.205. The maximum atomic E-state index is 6.74. The van der Waals surface area contributed by atoms with Gasteiger partial charge in [-0.3, -0.25) is 0 Å². The monoisotopic (exact) mass is 768 g/mol. The quantitative estimate of drug-likeness (QED) is 0.117. The molecule has 0 saturated heterocycles. The summed E-state index contributed by atoms with van der Waals surface area (Å²) < 4.78 is 13.5. The summed E-state index contributed by atoms with van der Waals surface area (Å²) >= 11 is 0. The van der Waals surface area contributed by atoms with Gasteiger partial charge < -0.3 is 20.1 Å². The van der Waals surface area contributed by atoms with Gasteiger partial charge in [0.2, 0.25) is 0 Å². The molecule has 0 aliphatic heterocycles. The first-order chi connectivity index (χ1) is 25.2. The highest BCUT2D eigenvalue weighted by atomic mass is 33.1. The summed E-state index contributed by atoms with van der Waals surface area (Å²) in [5, 5.41) is 7.47. The molecule has 0 aliphatic rings. The van der Waals surface area contributed by atoms with Crippen molar-refractivity contribution in [2.75, 3.05) is 23.7 Å². The molecule has 2 unspecified atom stereocenters. The first-order valence-electron chi connectivity index (χ1n) is 19.8. The van der Waals surface area contributed by atoms with Gasteiger partial charge in [0.05, 0.1) is 13.1 Å². The normalized spacial score (nSPS) is 13.7. The molecule has 0 bridgehead atoms. The van der Waals surface area contributed by atoms with Crippen LogP contribution in [0.5, 0.6) is 11.5 Å². The summed E-state index contributed by atoms with van der Waals surface area (Å²) in [5.41, 5.74) is 7.55. The van der Waals surface area contributed by atoms with Crippen LogP contribution >= 0.6 is 21.6 Å². The molecule has 6 heteroatoms. The van der Waals surface area contributed by atoms with E-state index in [2.05, 4.69) is 192 Å². The number of anilines is 2. The van der Waals surface area contributed by atoms with E-state index in [4.69, 9.17) is 9.47 Å². The zero-order valence-electron chi connectivity index (χ0n) is 35.7. The van der Waals surface area contributed by atoms with Crippen LogP contribution in [0.2, 0.25) is 0 Å². The average molecular weight is 769 g/mol. The highest BCUT2D eigenvalue weighted by Crippen LogP contribution is 2.44. The van der Waals surface area contributed by atoms with Gasteiger partial charge in [-0.15, -0.1) is 0 Å². The van der Waals surface area contributed by atoms with E-state index < -0.39 is 0 Å². The summed E-state index contributed by atoms with van der Waals surface area (Å²) in [5.74, 6) is 1.96. The Kier molecular flexibility index (Phi) is 14.6. The summed E-state index contributed by atoms with van der Waals surface area (Å²) in [6.45, 7) is 33.1. The molecule has 4 nitrogen and oxygen atoms in total. The second-order valence-electron chi connectivity index (χ2n) is 18.6. The van der Waals surface area contributed by atoms with Crippen molar-refractivity contribution in [3.63, 3.8) is 0 Å². The van der Waals surface area contributed by atoms with Crippen LogP contribution in [0.4, 0.5) is 11.4 Å². The van der Waals surface area contributed by atoms with Crippen LogP contribution in [0.15, 0.2) is 94.7 Å². The molecule has 0 saturated carbocycles. The molecule has 294 valence electrons. The predicted octanol–water partition coefficient (Wildman–Crippen LogP) is 14.2. The molecule has 0 aromatic heterocycles. The molecule has 54 heavy (non-hydrogen) atoms. The van der Waals surface area contributed by atoms with E-state index >= 15 is 0 Å². The molecule has 0 heterocycles. The lowest BCUT2D eigenvalue weighted by Crippen LogP contribution is -2.27. The molecule has 0 radical (unpaired) electrons. The molecule has 0 fully saturated rings. The molecule has 0 amide bonds. The van der Waals surface area contributed by atoms with Gasteiger partial charge in [-0.25, -0.2) is 0 Å². The lowest BCUT2D eigenvalue weighted by atomic mass is 9.80. The molecule has 0 spiro atoms. The van der Waals surface area contributed by atoms with Crippen molar-refractivity contribution < 1.29 is 9.47 Å². The van der Waals surface area contributed by atoms with Crippen LogP contribution in [0, 0.1) is 0 Å². The molecule has 2 N–H and O–H groups in total. The summed E-state index contributed by atoms with van der Waals surface area (Å²) in [4.78, 5) is 2.39. The van der Waals surface area contributed by atoms with Crippen molar-refractivity contribution in [2.24, 2.45) is 0 Å². The first kappa shape index (κ1) is 43.5. The minimum atomic E-state index is -0.0213. The molecule has 4 rings (SSSR count). The van der Waals surface area contributed by atoms with Crippen molar-refractivity contribution >= 4 is 33.0 Å².